The minimum atomic E-state index is 0.0951. The predicted octanol–water partition coefficient (Wildman–Crippen LogP) is 4.75. The number of aromatic nitrogens is 4. The monoisotopic (exact) mass is 408 g/mol. The molecular formula is C21H20N4OS2. The van der Waals surface area contributed by atoms with Crippen LogP contribution < -0.4 is 0 Å². The van der Waals surface area contributed by atoms with Crippen LogP contribution in [-0.2, 0) is 12.8 Å². The van der Waals surface area contributed by atoms with Crippen LogP contribution in [0.1, 0.15) is 39.7 Å². The number of nitrogens with zero attached hydrogens (tertiary/aromatic N) is 4. The lowest BCUT2D eigenvalue weighted by Gasteiger charge is -2.17. The van der Waals surface area contributed by atoms with Crippen LogP contribution >= 0.6 is 23.1 Å². The highest BCUT2D eigenvalue weighted by Gasteiger charge is 2.24. The van der Waals surface area contributed by atoms with Gasteiger partial charge < -0.3 is 0 Å². The number of rotatable bonds is 4. The third kappa shape index (κ3) is 3.02. The molecule has 5 rings (SSSR count). The quantitative estimate of drug-likeness (QED) is 0.360. The smallest absolute Gasteiger partial charge is 0.197 e. The molecule has 28 heavy (non-hydrogen) atoms. The number of hydrogen-bond donors (Lipinski definition) is 0. The Morgan fingerprint density at radius 1 is 1.29 bits per heavy atom. The van der Waals surface area contributed by atoms with Crippen molar-refractivity contribution in [3.63, 3.8) is 0 Å². The molecule has 3 aromatic heterocycles. The van der Waals surface area contributed by atoms with Crippen LogP contribution in [0, 0.1) is 12.8 Å². The number of carbonyl (C=O) groups excluding carboxylic acids is 1. The van der Waals surface area contributed by atoms with E-state index < -0.39 is 0 Å². The van der Waals surface area contributed by atoms with Crippen molar-refractivity contribution in [2.75, 3.05) is 5.75 Å². The third-order valence-corrected chi connectivity index (χ3v) is 7.48. The summed E-state index contributed by atoms with van der Waals surface area (Å²) in [5.74, 6) is 1.16. The van der Waals surface area contributed by atoms with Gasteiger partial charge in [0.15, 0.2) is 16.6 Å². The Balaban J connectivity index is 1.45. The van der Waals surface area contributed by atoms with E-state index in [0.717, 1.165) is 45.8 Å². The standard InChI is InChI=1S/C21H20N4OS2/c1-12-3-6-14(7-4-12)16(26)10-27-21-24-23-19-18-15-8-5-13(2)9-17(15)28-20(18)22-11-25(19)21/h3-4,6-7,11,13H,5,8-10H2,1-2H3. The van der Waals surface area contributed by atoms with E-state index in [9.17, 15) is 4.79 Å². The number of benzene rings is 1. The summed E-state index contributed by atoms with van der Waals surface area (Å²) in [4.78, 5) is 19.7. The lowest BCUT2D eigenvalue weighted by molar-refractivity contribution is 0.102. The van der Waals surface area contributed by atoms with Gasteiger partial charge in [0.25, 0.3) is 0 Å². The van der Waals surface area contributed by atoms with Gasteiger partial charge in [0.2, 0.25) is 0 Å². The molecule has 0 spiro atoms. The molecule has 1 aliphatic carbocycles. The highest BCUT2D eigenvalue weighted by Crippen LogP contribution is 2.39. The maximum absolute atomic E-state index is 12.5. The normalized spacial score (nSPS) is 16.6. The molecule has 3 heterocycles. The van der Waals surface area contributed by atoms with E-state index in [1.807, 2.05) is 35.6 Å². The molecule has 142 valence electrons. The fourth-order valence-corrected chi connectivity index (χ4v) is 5.91. The number of aryl methyl sites for hydroxylation is 2. The zero-order chi connectivity index (χ0) is 19.3. The van der Waals surface area contributed by atoms with E-state index in [1.165, 1.54) is 28.6 Å². The number of thioether (sulfide) groups is 1. The maximum Gasteiger partial charge on any atom is 0.197 e. The molecule has 5 nitrogen and oxygen atoms in total. The highest BCUT2D eigenvalue weighted by atomic mass is 32.2. The summed E-state index contributed by atoms with van der Waals surface area (Å²) >= 11 is 3.21. The average molecular weight is 409 g/mol. The molecule has 7 heteroatoms. The first kappa shape index (κ1) is 17.8. The molecule has 1 aliphatic rings. The summed E-state index contributed by atoms with van der Waals surface area (Å²) in [6.45, 7) is 4.33. The van der Waals surface area contributed by atoms with Gasteiger partial charge in [0.1, 0.15) is 11.2 Å². The molecule has 0 aliphatic heterocycles. The Hall–Kier alpha value is -2.25. The SMILES string of the molecule is Cc1ccc(C(=O)CSc2nnc3c4c5c(sc4ncn23)CC(C)CC5)cc1. The van der Waals surface area contributed by atoms with Crippen molar-refractivity contribution in [3.8, 4) is 0 Å². The average Bonchev–Trinajstić information content (AvgIpc) is 3.26. The van der Waals surface area contributed by atoms with Crippen LogP contribution in [0.4, 0.5) is 0 Å². The highest BCUT2D eigenvalue weighted by molar-refractivity contribution is 7.99. The first-order valence-corrected chi connectivity index (χ1v) is 11.3. The van der Waals surface area contributed by atoms with E-state index in [-0.39, 0.29) is 5.78 Å². The Kier molecular flexibility index (Phi) is 4.44. The summed E-state index contributed by atoms with van der Waals surface area (Å²) < 4.78 is 1.93. The van der Waals surface area contributed by atoms with E-state index in [0.29, 0.717) is 10.9 Å². The molecular weight excluding hydrogens is 388 g/mol. The summed E-state index contributed by atoms with van der Waals surface area (Å²) in [6.07, 6.45) is 5.21. The van der Waals surface area contributed by atoms with Gasteiger partial charge in [0.05, 0.1) is 11.1 Å². The Labute approximate surface area is 171 Å². The van der Waals surface area contributed by atoms with Crippen molar-refractivity contribution >= 4 is 44.7 Å². The zero-order valence-corrected chi connectivity index (χ0v) is 17.4. The molecule has 0 amide bonds. The molecule has 1 atom stereocenters. The number of thiophene rings is 1. The van der Waals surface area contributed by atoms with Crippen LogP contribution in [0.15, 0.2) is 35.7 Å². The van der Waals surface area contributed by atoms with Crippen LogP contribution in [0.3, 0.4) is 0 Å². The number of ketones is 1. The third-order valence-electron chi connectivity index (χ3n) is 5.38. The van der Waals surface area contributed by atoms with Crippen LogP contribution in [0.25, 0.3) is 15.9 Å². The summed E-state index contributed by atoms with van der Waals surface area (Å²) in [6, 6.07) is 7.69. The first-order chi connectivity index (χ1) is 13.6. The summed E-state index contributed by atoms with van der Waals surface area (Å²) in [7, 11) is 0. The fraction of sp³-hybridized carbons (Fsp3) is 0.333. The molecule has 0 fully saturated rings. The predicted molar refractivity (Wildman–Crippen MR) is 114 cm³/mol. The van der Waals surface area contributed by atoms with Gasteiger partial charge in [-0.25, -0.2) is 4.98 Å². The Morgan fingerprint density at radius 2 is 2.11 bits per heavy atom. The van der Waals surface area contributed by atoms with E-state index in [2.05, 4.69) is 22.1 Å². The lowest BCUT2D eigenvalue weighted by atomic mass is 9.89. The number of fused-ring (bicyclic) bond motifs is 5. The molecule has 4 aromatic rings. The first-order valence-electron chi connectivity index (χ1n) is 9.47. The Bertz CT molecular complexity index is 1190. The summed E-state index contributed by atoms with van der Waals surface area (Å²) in [5, 5.41) is 10.7. The largest absolute Gasteiger partial charge is 0.293 e. The van der Waals surface area contributed by atoms with Gasteiger partial charge in [-0.2, -0.15) is 0 Å². The van der Waals surface area contributed by atoms with Crippen molar-refractivity contribution < 1.29 is 4.79 Å². The van der Waals surface area contributed by atoms with Crippen LogP contribution in [-0.4, -0.2) is 31.1 Å². The van der Waals surface area contributed by atoms with E-state index in [4.69, 9.17) is 0 Å². The van der Waals surface area contributed by atoms with Gasteiger partial charge in [-0.05, 0) is 37.7 Å². The second kappa shape index (κ2) is 6.97. The van der Waals surface area contributed by atoms with Crippen molar-refractivity contribution in [2.45, 2.75) is 38.3 Å². The van der Waals surface area contributed by atoms with Crippen LogP contribution in [0.2, 0.25) is 0 Å². The molecule has 0 radical (unpaired) electrons. The molecule has 0 saturated carbocycles. The van der Waals surface area contributed by atoms with E-state index in [1.54, 1.807) is 17.7 Å². The second-order valence-electron chi connectivity index (χ2n) is 7.53. The molecule has 1 aromatic carbocycles. The molecule has 1 unspecified atom stereocenters. The zero-order valence-electron chi connectivity index (χ0n) is 15.8. The topological polar surface area (TPSA) is 60.2 Å². The van der Waals surface area contributed by atoms with Crippen molar-refractivity contribution in [1.29, 1.82) is 0 Å². The van der Waals surface area contributed by atoms with Gasteiger partial charge >= 0.3 is 0 Å². The van der Waals surface area contributed by atoms with E-state index >= 15 is 0 Å². The van der Waals surface area contributed by atoms with Crippen molar-refractivity contribution in [3.05, 3.63) is 52.2 Å². The maximum atomic E-state index is 12.5. The van der Waals surface area contributed by atoms with Gasteiger partial charge in [-0.3, -0.25) is 9.20 Å². The summed E-state index contributed by atoms with van der Waals surface area (Å²) in [5.41, 5.74) is 4.14. The molecule has 0 N–H and O–H groups in total. The number of hydrogen-bond acceptors (Lipinski definition) is 6. The molecule has 0 bridgehead atoms. The van der Waals surface area contributed by atoms with Crippen LogP contribution in [0.5, 0.6) is 0 Å². The number of Topliss-reactive ketones (excluding diaryl/α,β-unsaturated/α-hetero) is 1. The Morgan fingerprint density at radius 3 is 2.93 bits per heavy atom. The second-order valence-corrected chi connectivity index (χ2v) is 9.56. The van der Waals surface area contributed by atoms with Gasteiger partial charge in [-0.1, -0.05) is 48.5 Å². The minimum absolute atomic E-state index is 0.0951. The van der Waals surface area contributed by atoms with Crippen molar-refractivity contribution in [2.24, 2.45) is 5.92 Å². The number of carbonyl (C=O) groups is 1. The van der Waals surface area contributed by atoms with Gasteiger partial charge in [-0.15, -0.1) is 21.5 Å². The minimum Gasteiger partial charge on any atom is -0.293 e. The van der Waals surface area contributed by atoms with Gasteiger partial charge in [0, 0.05) is 10.4 Å². The fourth-order valence-electron chi connectivity index (χ4n) is 3.77. The van der Waals surface area contributed by atoms with Crippen molar-refractivity contribution in [1.82, 2.24) is 19.6 Å². The molecule has 0 saturated heterocycles. The lowest BCUT2D eigenvalue weighted by Crippen LogP contribution is -2.08.